The van der Waals surface area contributed by atoms with E-state index in [1.807, 2.05) is 63.1 Å². The fraction of sp³-hybridized carbons (Fsp3) is 0.533. The average molecular weight is 612 g/mol. The molecule has 5 rings (SSSR count). The van der Waals surface area contributed by atoms with Gasteiger partial charge in [0.25, 0.3) is 0 Å². The Labute approximate surface area is 253 Å². The topological polar surface area (TPSA) is 99.3 Å². The highest BCUT2D eigenvalue weighted by Crippen LogP contribution is 2.38. The molecule has 226 valence electrons. The lowest BCUT2D eigenvalue weighted by molar-refractivity contribution is 0.0497. The van der Waals surface area contributed by atoms with Crippen molar-refractivity contribution in [1.29, 1.82) is 0 Å². The van der Waals surface area contributed by atoms with Gasteiger partial charge in [0.15, 0.2) is 5.65 Å². The molecule has 12 heteroatoms. The zero-order chi connectivity index (χ0) is 30.2. The van der Waals surface area contributed by atoms with Crippen LogP contribution in [-0.2, 0) is 23.3 Å². The molecule has 42 heavy (non-hydrogen) atoms. The third-order valence-electron chi connectivity index (χ3n) is 7.35. The Morgan fingerprint density at radius 3 is 2.57 bits per heavy atom. The number of nitrogens with one attached hydrogen (secondary N) is 1. The zero-order valence-corrected chi connectivity index (χ0v) is 27.5. The van der Waals surface area contributed by atoms with E-state index in [2.05, 4.69) is 35.0 Å². The number of aromatic nitrogens is 5. The summed E-state index contributed by atoms with van der Waals surface area (Å²) in [5.41, 5.74) is 3.66. The molecule has 0 saturated carbocycles. The van der Waals surface area contributed by atoms with Gasteiger partial charge in [0.1, 0.15) is 23.7 Å². The van der Waals surface area contributed by atoms with E-state index < -0.39 is 13.7 Å². The number of carbonyl (C=O) groups excluding carboxylic acids is 1. The summed E-state index contributed by atoms with van der Waals surface area (Å²) in [6.07, 6.45) is 7.04. The second-order valence-electron chi connectivity index (χ2n) is 13.3. The van der Waals surface area contributed by atoms with Gasteiger partial charge in [0.2, 0.25) is 0 Å². The lowest BCUT2D eigenvalue weighted by Gasteiger charge is -2.33. The second-order valence-corrected chi connectivity index (χ2v) is 19.3. The third kappa shape index (κ3) is 7.07. The lowest BCUT2D eigenvalue weighted by Crippen LogP contribution is -2.46. The summed E-state index contributed by atoms with van der Waals surface area (Å²) < 4.78 is 15.4. The van der Waals surface area contributed by atoms with E-state index in [0.29, 0.717) is 18.4 Å². The summed E-state index contributed by atoms with van der Waals surface area (Å²) in [5.74, 6) is 0.806. The quantitative estimate of drug-likeness (QED) is 0.181. The molecule has 0 aliphatic carbocycles. The van der Waals surface area contributed by atoms with Crippen LogP contribution in [0.2, 0.25) is 30.7 Å². The predicted molar refractivity (Wildman–Crippen MR) is 171 cm³/mol. The number of aryl methyl sites for hydroxylation is 1. The van der Waals surface area contributed by atoms with E-state index in [9.17, 15) is 4.79 Å². The second kappa shape index (κ2) is 11.9. The minimum atomic E-state index is -1.22. The SMILES string of the molecule is Cn1cc2c(Cl)c(-c3cn(COCC[Si](C)(C)C)c4nc(N5CCC(NC(=O)OC(C)(C)C)CC5)cnc34)ccc2n1. The van der Waals surface area contributed by atoms with Gasteiger partial charge in [-0.1, -0.05) is 37.3 Å². The van der Waals surface area contributed by atoms with E-state index in [1.54, 1.807) is 4.68 Å². The summed E-state index contributed by atoms with van der Waals surface area (Å²) in [6.45, 7) is 15.2. The maximum Gasteiger partial charge on any atom is 0.407 e. The van der Waals surface area contributed by atoms with Crippen molar-refractivity contribution in [3.05, 3.63) is 35.7 Å². The molecule has 4 heterocycles. The van der Waals surface area contributed by atoms with Crippen LogP contribution in [0, 0.1) is 0 Å². The van der Waals surface area contributed by atoms with E-state index in [1.165, 1.54) is 0 Å². The van der Waals surface area contributed by atoms with Crippen LogP contribution in [0.15, 0.2) is 30.7 Å². The highest BCUT2D eigenvalue weighted by molar-refractivity contribution is 6.76. The summed E-state index contributed by atoms with van der Waals surface area (Å²) in [4.78, 5) is 24.5. The number of halogens is 1. The molecule has 0 unspecified atom stereocenters. The Balaban J connectivity index is 1.40. The molecule has 1 N–H and O–H groups in total. The van der Waals surface area contributed by atoms with Crippen molar-refractivity contribution in [2.75, 3.05) is 24.6 Å². The number of amides is 1. The third-order valence-corrected chi connectivity index (χ3v) is 9.46. The van der Waals surface area contributed by atoms with Gasteiger partial charge < -0.3 is 24.3 Å². The molecule has 1 fully saturated rings. The van der Waals surface area contributed by atoms with Crippen LogP contribution >= 0.6 is 11.6 Å². The molecule has 1 aliphatic heterocycles. The number of piperidine rings is 1. The Kier molecular flexibility index (Phi) is 8.55. The monoisotopic (exact) mass is 611 g/mol. The molecule has 0 atom stereocenters. The average Bonchev–Trinajstić information content (AvgIpc) is 3.45. The normalized spacial score (nSPS) is 15.1. The molecule has 0 bridgehead atoms. The number of hydrogen-bond donors (Lipinski definition) is 1. The first-order valence-electron chi connectivity index (χ1n) is 14.6. The molecule has 0 radical (unpaired) electrons. The highest BCUT2D eigenvalue weighted by atomic mass is 35.5. The van der Waals surface area contributed by atoms with Gasteiger partial charge in [-0.3, -0.25) is 4.68 Å². The molecule has 0 spiro atoms. The molecular formula is C30H42ClN7O3Si. The van der Waals surface area contributed by atoms with Crippen LogP contribution in [-0.4, -0.2) is 69.8 Å². The number of alkyl carbamates (subject to hydrolysis) is 1. The maximum absolute atomic E-state index is 12.2. The van der Waals surface area contributed by atoms with E-state index in [-0.39, 0.29) is 12.1 Å². The number of hydrogen-bond acceptors (Lipinski definition) is 7. The molecule has 10 nitrogen and oxygen atoms in total. The summed E-state index contributed by atoms with van der Waals surface area (Å²) in [5, 5.41) is 9.04. The fourth-order valence-electron chi connectivity index (χ4n) is 5.14. The summed E-state index contributed by atoms with van der Waals surface area (Å²) in [7, 11) is 0.676. The van der Waals surface area contributed by atoms with Crippen LogP contribution in [0.5, 0.6) is 0 Å². The molecule has 1 aromatic carbocycles. The number of benzene rings is 1. The molecule has 1 saturated heterocycles. The van der Waals surface area contributed by atoms with Gasteiger partial charge in [-0.15, -0.1) is 0 Å². The standard InChI is InChI=1S/C30H42ClN7O3Si/c1-30(2,3)41-29(39)33-20-10-12-37(13-11-20)25-16-32-27-22(21-8-9-24-23(26(21)31)17-36(4)35-24)18-38(28(27)34-25)19-40-14-15-42(5,6)7/h8-9,16-18,20H,10-15,19H2,1-7H3,(H,33,39). The van der Waals surface area contributed by atoms with E-state index >= 15 is 0 Å². The Morgan fingerprint density at radius 1 is 1.14 bits per heavy atom. The molecule has 3 aromatic heterocycles. The number of anilines is 1. The summed E-state index contributed by atoms with van der Waals surface area (Å²) in [6, 6.07) is 5.14. The van der Waals surface area contributed by atoms with Crippen LogP contribution in [0.25, 0.3) is 33.2 Å². The van der Waals surface area contributed by atoms with Gasteiger partial charge in [-0.2, -0.15) is 5.10 Å². The first kappa shape index (κ1) is 30.3. The van der Waals surface area contributed by atoms with Crippen LogP contribution in [0.3, 0.4) is 0 Å². The minimum Gasteiger partial charge on any atom is -0.444 e. The Morgan fingerprint density at radius 2 is 1.88 bits per heavy atom. The number of nitrogens with zero attached hydrogens (tertiary/aromatic N) is 6. The first-order valence-corrected chi connectivity index (χ1v) is 18.7. The molecule has 4 aromatic rings. The smallest absolute Gasteiger partial charge is 0.407 e. The van der Waals surface area contributed by atoms with Gasteiger partial charge in [0.05, 0.1) is 16.7 Å². The van der Waals surface area contributed by atoms with Crippen molar-refractivity contribution in [2.45, 2.75) is 77.7 Å². The molecular weight excluding hydrogens is 570 g/mol. The van der Waals surface area contributed by atoms with Crippen molar-refractivity contribution in [3.63, 3.8) is 0 Å². The van der Waals surface area contributed by atoms with Crippen LogP contribution in [0.1, 0.15) is 33.6 Å². The zero-order valence-electron chi connectivity index (χ0n) is 25.7. The minimum absolute atomic E-state index is 0.0626. The molecule has 1 amide bonds. The number of ether oxygens (including phenoxy) is 2. The van der Waals surface area contributed by atoms with Gasteiger partial charge in [-0.25, -0.2) is 14.8 Å². The summed E-state index contributed by atoms with van der Waals surface area (Å²) >= 11 is 6.93. The van der Waals surface area contributed by atoms with Crippen molar-refractivity contribution in [2.24, 2.45) is 7.05 Å². The highest BCUT2D eigenvalue weighted by Gasteiger charge is 2.26. The number of rotatable bonds is 8. The fourth-order valence-corrected chi connectivity index (χ4v) is 6.21. The van der Waals surface area contributed by atoms with Crippen LogP contribution < -0.4 is 10.2 Å². The predicted octanol–water partition coefficient (Wildman–Crippen LogP) is 6.44. The van der Waals surface area contributed by atoms with Crippen molar-refractivity contribution >= 4 is 53.7 Å². The maximum atomic E-state index is 12.2. The van der Waals surface area contributed by atoms with Gasteiger partial charge in [-0.05, 0) is 45.7 Å². The number of carbonyl (C=O) groups is 1. The van der Waals surface area contributed by atoms with Crippen molar-refractivity contribution in [3.8, 4) is 11.1 Å². The van der Waals surface area contributed by atoms with E-state index in [4.69, 9.17) is 31.0 Å². The van der Waals surface area contributed by atoms with Crippen molar-refractivity contribution in [1.82, 2.24) is 29.6 Å². The van der Waals surface area contributed by atoms with Crippen LogP contribution in [0.4, 0.5) is 10.6 Å². The lowest BCUT2D eigenvalue weighted by atomic mass is 10.1. The molecule has 1 aliphatic rings. The number of fused-ring (bicyclic) bond motifs is 2. The Hall–Kier alpha value is -3.15. The first-order chi connectivity index (χ1) is 19.8. The van der Waals surface area contributed by atoms with Crippen molar-refractivity contribution < 1.29 is 14.3 Å². The Bertz CT molecular complexity index is 1580. The largest absolute Gasteiger partial charge is 0.444 e. The van der Waals surface area contributed by atoms with Gasteiger partial charge >= 0.3 is 6.09 Å². The van der Waals surface area contributed by atoms with Gasteiger partial charge in [0, 0.05) is 69.8 Å². The van der Waals surface area contributed by atoms with E-state index in [0.717, 1.165) is 71.0 Å².